The smallest absolute Gasteiger partial charge is 0.307 e. The Bertz CT molecular complexity index is 1370. The molecule has 2 fully saturated rings. The number of rotatable bonds is 2. The van der Waals surface area contributed by atoms with Crippen molar-refractivity contribution < 1.29 is 28.6 Å². The van der Waals surface area contributed by atoms with Crippen LogP contribution in [-0.2, 0) is 25.5 Å². The SMILES string of the molecule is COc1ccc2nc3c(nc2c1)O[C@H]1CN(C(=O)[C@H](C(C)(C)C)CC(=O)O[C@]2(C)C[C@H]2CCCCC3)[C@H](C=O)C1(C)C. The van der Waals surface area contributed by atoms with Crippen LogP contribution in [0.4, 0.5) is 0 Å². The first-order valence-electron chi connectivity index (χ1n) is 15.3. The molecule has 0 N–H and O–H groups in total. The Morgan fingerprint density at radius 3 is 2.52 bits per heavy atom. The summed E-state index contributed by atoms with van der Waals surface area (Å²) in [5, 5.41) is 0. The second-order valence-corrected chi connectivity index (χ2v) is 14.2. The van der Waals surface area contributed by atoms with Crippen LogP contribution in [0.1, 0.15) is 85.8 Å². The number of nitrogens with zero attached hydrogens (tertiary/aromatic N) is 3. The largest absolute Gasteiger partial charge is 0.497 e. The van der Waals surface area contributed by atoms with Crippen LogP contribution in [0.25, 0.3) is 11.0 Å². The van der Waals surface area contributed by atoms with Crippen LogP contribution in [0.2, 0.25) is 0 Å². The molecule has 42 heavy (non-hydrogen) atoms. The summed E-state index contributed by atoms with van der Waals surface area (Å²) < 4.78 is 18.0. The molecule has 1 aliphatic carbocycles. The van der Waals surface area contributed by atoms with E-state index in [9.17, 15) is 14.4 Å². The number of aryl methyl sites for hydroxylation is 1. The number of esters is 1. The molecular formula is C33H45N3O6. The number of aldehydes is 1. The first kappa shape index (κ1) is 30.2. The van der Waals surface area contributed by atoms with E-state index < -0.39 is 34.5 Å². The van der Waals surface area contributed by atoms with Gasteiger partial charge in [-0.2, -0.15) is 0 Å². The lowest BCUT2D eigenvalue weighted by Gasteiger charge is -2.35. The van der Waals surface area contributed by atoms with Gasteiger partial charge in [-0.3, -0.25) is 9.59 Å². The third-order valence-electron chi connectivity index (χ3n) is 9.75. The van der Waals surface area contributed by atoms with Gasteiger partial charge in [-0.05, 0) is 50.2 Å². The highest BCUT2D eigenvalue weighted by atomic mass is 16.6. The normalized spacial score (nSPS) is 30.3. The third kappa shape index (κ3) is 5.84. The lowest BCUT2D eigenvalue weighted by molar-refractivity contribution is -0.158. The molecule has 1 amide bonds. The topological polar surface area (TPSA) is 108 Å². The maximum atomic E-state index is 14.2. The molecular weight excluding hydrogens is 534 g/mol. The van der Waals surface area contributed by atoms with Crippen molar-refractivity contribution in [2.75, 3.05) is 13.7 Å². The fourth-order valence-electron chi connectivity index (χ4n) is 6.61. The van der Waals surface area contributed by atoms with Crippen LogP contribution >= 0.6 is 0 Å². The summed E-state index contributed by atoms with van der Waals surface area (Å²) in [6, 6.07) is 4.88. The van der Waals surface area contributed by atoms with Gasteiger partial charge in [0.25, 0.3) is 0 Å². The van der Waals surface area contributed by atoms with Crippen molar-refractivity contribution >= 4 is 29.2 Å². The molecule has 1 aromatic heterocycles. The number of hydrogen-bond donors (Lipinski definition) is 0. The number of benzene rings is 1. The Hall–Kier alpha value is -3.23. The molecule has 1 aromatic carbocycles. The van der Waals surface area contributed by atoms with Crippen molar-refractivity contribution in [1.29, 1.82) is 0 Å². The number of ether oxygens (including phenoxy) is 3. The molecule has 9 nitrogen and oxygen atoms in total. The maximum absolute atomic E-state index is 14.2. The number of carbonyl (C=O) groups is 3. The number of hydrogen-bond acceptors (Lipinski definition) is 8. The Labute approximate surface area is 248 Å². The monoisotopic (exact) mass is 579 g/mol. The van der Waals surface area contributed by atoms with E-state index in [2.05, 4.69) is 0 Å². The van der Waals surface area contributed by atoms with Crippen molar-refractivity contribution in [3.63, 3.8) is 0 Å². The van der Waals surface area contributed by atoms with Crippen LogP contribution < -0.4 is 9.47 Å². The van der Waals surface area contributed by atoms with Gasteiger partial charge in [0.15, 0.2) is 0 Å². The molecule has 228 valence electrons. The Morgan fingerprint density at radius 1 is 1.07 bits per heavy atom. The first-order chi connectivity index (χ1) is 19.8. The van der Waals surface area contributed by atoms with Gasteiger partial charge in [0.05, 0.1) is 43.1 Å². The molecule has 2 aromatic rings. The van der Waals surface area contributed by atoms with E-state index in [-0.39, 0.29) is 24.8 Å². The van der Waals surface area contributed by atoms with Gasteiger partial charge in [-0.25, -0.2) is 9.97 Å². The summed E-state index contributed by atoms with van der Waals surface area (Å²) in [5.41, 5.74) is 0.497. The quantitative estimate of drug-likeness (QED) is 0.348. The molecule has 9 heteroatoms. The maximum Gasteiger partial charge on any atom is 0.307 e. The van der Waals surface area contributed by atoms with Crippen molar-refractivity contribution in [1.82, 2.24) is 14.9 Å². The lowest BCUT2D eigenvalue weighted by atomic mass is 9.77. The average molecular weight is 580 g/mol. The van der Waals surface area contributed by atoms with Crippen molar-refractivity contribution in [2.24, 2.45) is 22.7 Å². The second kappa shape index (κ2) is 11.1. The van der Waals surface area contributed by atoms with Crippen LogP contribution in [-0.4, -0.2) is 64.4 Å². The average Bonchev–Trinajstić information content (AvgIpc) is 3.47. The minimum absolute atomic E-state index is 0.0270. The van der Waals surface area contributed by atoms with E-state index in [1.165, 1.54) is 0 Å². The van der Waals surface area contributed by atoms with E-state index in [0.29, 0.717) is 29.5 Å². The highest BCUT2D eigenvalue weighted by molar-refractivity contribution is 5.87. The lowest BCUT2D eigenvalue weighted by Crippen LogP contribution is -2.48. The Morgan fingerprint density at radius 2 is 1.83 bits per heavy atom. The minimum atomic E-state index is -0.722. The number of fused-ring (bicyclic) bond motifs is 5. The molecule has 0 radical (unpaired) electrons. The zero-order valence-electron chi connectivity index (χ0n) is 26.1. The van der Waals surface area contributed by atoms with E-state index in [4.69, 9.17) is 24.2 Å². The first-order valence-corrected chi connectivity index (χ1v) is 15.3. The van der Waals surface area contributed by atoms with Gasteiger partial charge >= 0.3 is 5.97 Å². The number of aromatic nitrogens is 2. The van der Waals surface area contributed by atoms with Gasteiger partial charge in [-0.15, -0.1) is 0 Å². The van der Waals surface area contributed by atoms with Crippen molar-refractivity contribution in [2.45, 2.75) is 104 Å². The van der Waals surface area contributed by atoms with E-state index in [0.717, 1.165) is 49.6 Å². The van der Waals surface area contributed by atoms with Gasteiger partial charge in [0, 0.05) is 17.4 Å². The fourth-order valence-corrected chi connectivity index (χ4v) is 6.61. The number of carbonyl (C=O) groups excluding carboxylic acids is 3. The molecule has 0 unspecified atom stereocenters. The minimum Gasteiger partial charge on any atom is -0.497 e. The molecule has 0 spiro atoms. The molecule has 3 aliphatic rings. The van der Waals surface area contributed by atoms with E-state index in [1.54, 1.807) is 12.0 Å². The van der Waals surface area contributed by atoms with Gasteiger partial charge in [0.2, 0.25) is 11.8 Å². The van der Waals surface area contributed by atoms with Gasteiger partial charge in [0.1, 0.15) is 29.4 Å². The molecule has 5 rings (SSSR count). The summed E-state index contributed by atoms with van der Waals surface area (Å²) in [4.78, 5) is 51.3. The highest BCUT2D eigenvalue weighted by Gasteiger charge is 2.55. The number of methoxy groups -OCH3 is 1. The fraction of sp³-hybridized carbons (Fsp3) is 0.667. The predicted octanol–water partition coefficient (Wildman–Crippen LogP) is 5.31. The molecule has 2 bridgehead atoms. The molecule has 1 saturated carbocycles. The molecule has 3 heterocycles. The van der Waals surface area contributed by atoms with Gasteiger partial charge in [-0.1, -0.05) is 47.5 Å². The van der Waals surface area contributed by atoms with Crippen LogP contribution in [0.5, 0.6) is 11.6 Å². The summed E-state index contributed by atoms with van der Waals surface area (Å²) in [6.45, 7) is 11.9. The van der Waals surface area contributed by atoms with Crippen molar-refractivity contribution in [3.8, 4) is 11.6 Å². The van der Waals surface area contributed by atoms with Crippen molar-refractivity contribution in [3.05, 3.63) is 23.9 Å². The zero-order chi connectivity index (χ0) is 30.4. The Kier molecular flexibility index (Phi) is 8.00. The van der Waals surface area contributed by atoms with Gasteiger partial charge < -0.3 is 23.9 Å². The molecule has 2 aliphatic heterocycles. The summed E-state index contributed by atoms with van der Waals surface area (Å²) >= 11 is 0. The standard InChI is InChI=1S/C33H45N3O6/c1-31(2,3)22-16-28(38)42-33(6)17-20(33)11-9-8-10-12-24-29(35-25-15-21(40-7)13-14-23(25)34-24)41-27-18-36(30(22)39)26(19-37)32(27,4)5/h13-15,19-20,22,26-27H,8-12,16-18H2,1-7H3/t20-,22-,26-,27+,33-/m1/s1. The highest BCUT2D eigenvalue weighted by Crippen LogP contribution is 2.50. The van der Waals surface area contributed by atoms with Crippen LogP contribution in [0, 0.1) is 22.7 Å². The number of amides is 1. The van der Waals surface area contributed by atoms with Crippen LogP contribution in [0.3, 0.4) is 0 Å². The molecule has 5 atom stereocenters. The van der Waals surface area contributed by atoms with E-state index in [1.807, 2.05) is 59.7 Å². The summed E-state index contributed by atoms with van der Waals surface area (Å²) in [5.74, 6) is 0.205. The molecule has 1 saturated heterocycles. The predicted molar refractivity (Wildman–Crippen MR) is 158 cm³/mol. The summed E-state index contributed by atoms with van der Waals surface area (Å²) in [7, 11) is 1.61. The second-order valence-electron chi connectivity index (χ2n) is 14.2. The zero-order valence-corrected chi connectivity index (χ0v) is 26.1. The van der Waals surface area contributed by atoms with Crippen LogP contribution in [0.15, 0.2) is 18.2 Å². The Balaban J connectivity index is 1.53. The van der Waals surface area contributed by atoms with E-state index >= 15 is 0 Å². The summed E-state index contributed by atoms with van der Waals surface area (Å²) in [6.07, 6.45) is 5.78. The third-order valence-corrected chi connectivity index (χ3v) is 9.75.